The molecule has 3 rings (SSSR count). The van der Waals surface area contributed by atoms with Crippen molar-refractivity contribution in [2.45, 2.75) is 17.4 Å². The number of sulfonamides is 1. The number of furan rings is 1. The van der Waals surface area contributed by atoms with Crippen LogP contribution in [0, 0.1) is 11.3 Å². The predicted molar refractivity (Wildman–Crippen MR) is 104 cm³/mol. The SMILES string of the molecule is N#C/C(=C/c1ccc(-c2ccc(S(N)(=O)=O)cc2)o1)C(=O)NC1CCS(=O)(=O)C1. The highest BCUT2D eigenvalue weighted by Crippen LogP contribution is 2.24. The molecule has 0 saturated carbocycles. The van der Waals surface area contributed by atoms with Crippen molar-refractivity contribution in [1.29, 1.82) is 5.26 Å². The fourth-order valence-electron chi connectivity index (χ4n) is 2.86. The summed E-state index contributed by atoms with van der Waals surface area (Å²) >= 11 is 0. The van der Waals surface area contributed by atoms with E-state index in [0.29, 0.717) is 17.7 Å². The van der Waals surface area contributed by atoms with E-state index in [0.717, 1.165) is 0 Å². The predicted octanol–water partition coefficient (Wildman–Crippen LogP) is 0.804. The molecule has 3 N–H and O–H groups in total. The summed E-state index contributed by atoms with van der Waals surface area (Å²) in [5.74, 6) is -0.172. The first kappa shape index (κ1) is 20.8. The van der Waals surface area contributed by atoms with Gasteiger partial charge in [-0.1, -0.05) is 0 Å². The van der Waals surface area contributed by atoms with Crippen molar-refractivity contribution < 1.29 is 26.0 Å². The van der Waals surface area contributed by atoms with Crippen LogP contribution in [0.2, 0.25) is 0 Å². The third kappa shape index (κ3) is 5.11. The van der Waals surface area contributed by atoms with Crippen molar-refractivity contribution in [3.8, 4) is 17.4 Å². The Bertz CT molecular complexity index is 1220. The first-order chi connectivity index (χ1) is 13.6. The van der Waals surface area contributed by atoms with Gasteiger partial charge in [-0.3, -0.25) is 4.79 Å². The lowest BCUT2D eigenvalue weighted by Gasteiger charge is -2.09. The molecular weight excluding hydrogens is 418 g/mol. The fraction of sp³-hybridized carbons (Fsp3) is 0.222. The molecule has 2 heterocycles. The Labute approximate surface area is 167 Å². The third-order valence-electron chi connectivity index (χ3n) is 4.31. The minimum absolute atomic E-state index is 0.00926. The first-order valence-corrected chi connectivity index (χ1v) is 11.8. The molecule has 2 aromatic rings. The van der Waals surface area contributed by atoms with Gasteiger partial charge in [-0.15, -0.1) is 0 Å². The van der Waals surface area contributed by atoms with Gasteiger partial charge in [-0.25, -0.2) is 22.0 Å². The Morgan fingerprint density at radius 1 is 1.24 bits per heavy atom. The molecule has 9 nitrogen and oxygen atoms in total. The van der Waals surface area contributed by atoms with Crippen LogP contribution in [0.4, 0.5) is 0 Å². The average Bonchev–Trinajstić information content (AvgIpc) is 3.25. The Morgan fingerprint density at radius 2 is 1.93 bits per heavy atom. The van der Waals surface area contributed by atoms with Crippen molar-refractivity contribution in [1.82, 2.24) is 5.32 Å². The molecule has 1 atom stereocenters. The maximum atomic E-state index is 12.2. The Balaban J connectivity index is 1.75. The van der Waals surface area contributed by atoms with Crippen LogP contribution in [0.25, 0.3) is 17.4 Å². The molecule has 1 aliphatic rings. The van der Waals surface area contributed by atoms with E-state index in [4.69, 9.17) is 9.56 Å². The smallest absolute Gasteiger partial charge is 0.262 e. The number of amides is 1. The number of primary sulfonamides is 1. The number of sulfone groups is 1. The topological polar surface area (TPSA) is 160 Å². The molecule has 0 spiro atoms. The number of carbonyl (C=O) groups excluding carboxylic acids is 1. The summed E-state index contributed by atoms with van der Waals surface area (Å²) in [5, 5.41) is 16.9. The number of nitriles is 1. The standard InChI is InChI=1S/C18H17N3O6S2/c19-10-13(18(22)21-14-7-8-28(23,24)11-14)9-15-3-6-17(27-15)12-1-4-16(5-2-12)29(20,25)26/h1-6,9,14H,7-8,11H2,(H,21,22)(H2,20,25,26)/b13-9-. The quantitative estimate of drug-likeness (QED) is 0.519. The highest BCUT2D eigenvalue weighted by Gasteiger charge is 2.29. The molecule has 1 unspecified atom stereocenters. The Hall–Kier alpha value is -2.94. The number of hydrogen-bond donors (Lipinski definition) is 2. The number of nitrogens with one attached hydrogen (secondary N) is 1. The average molecular weight is 435 g/mol. The van der Waals surface area contributed by atoms with Crippen molar-refractivity contribution in [3.05, 3.63) is 47.7 Å². The molecule has 11 heteroatoms. The molecule has 1 aromatic carbocycles. The van der Waals surface area contributed by atoms with Gasteiger partial charge in [0.25, 0.3) is 5.91 Å². The van der Waals surface area contributed by atoms with Crippen molar-refractivity contribution in [2.24, 2.45) is 5.14 Å². The molecule has 0 bridgehead atoms. The number of carbonyl (C=O) groups is 1. The van der Waals surface area contributed by atoms with Crippen LogP contribution < -0.4 is 10.5 Å². The number of rotatable bonds is 5. The summed E-state index contributed by atoms with van der Waals surface area (Å²) in [5.41, 5.74) is 0.357. The Kier molecular flexibility index (Phi) is 5.61. The summed E-state index contributed by atoms with van der Waals surface area (Å²) in [6, 6.07) is 10.1. The van der Waals surface area contributed by atoms with E-state index in [1.54, 1.807) is 18.2 Å². The van der Waals surface area contributed by atoms with Gasteiger partial charge in [0.15, 0.2) is 9.84 Å². The second-order valence-electron chi connectivity index (χ2n) is 6.51. The molecule has 0 aliphatic carbocycles. The van der Waals surface area contributed by atoms with E-state index in [1.165, 1.54) is 30.3 Å². The molecule has 1 aromatic heterocycles. The van der Waals surface area contributed by atoms with Gasteiger partial charge in [-0.05, 0) is 42.8 Å². The lowest BCUT2D eigenvalue weighted by Crippen LogP contribution is -2.36. The zero-order valence-corrected chi connectivity index (χ0v) is 16.7. The number of hydrogen-bond acceptors (Lipinski definition) is 7. The number of benzene rings is 1. The van der Waals surface area contributed by atoms with Crippen LogP contribution in [-0.2, 0) is 24.7 Å². The minimum atomic E-state index is -3.80. The number of nitrogens with two attached hydrogens (primary N) is 1. The van der Waals surface area contributed by atoms with Crippen LogP contribution in [0.15, 0.2) is 51.3 Å². The van der Waals surface area contributed by atoms with Crippen LogP contribution in [0.1, 0.15) is 12.2 Å². The molecule has 152 valence electrons. The molecule has 1 fully saturated rings. The van der Waals surface area contributed by atoms with Crippen LogP contribution in [0.3, 0.4) is 0 Å². The molecule has 1 saturated heterocycles. The van der Waals surface area contributed by atoms with Gasteiger partial charge in [0.1, 0.15) is 23.2 Å². The first-order valence-electron chi connectivity index (χ1n) is 8.43. The lowest BCUT2D eigenvalue weighted by molar-refractivity contribution is -0.117. The summed E-state index contributed by atoms with van der Waals surface area (Å²) in [4.78, 5) is 12.2. The van der Waals surface area contributed by atoms with Gasteiger partial charge in [0.2, 0.25) is 10.0 Å². The highest BCUT2D eigenvalue weighted by molar-refractivity contribution is 7.91. The zero-order chi connectivity index (χ0) is 21.2. The minimum Gasteiger partial charge on any atom is -0.457 e. The second kappa shape index (κ2) is 7.82. The van der Waals surface area contributed by atoms with Crippen molar-refractivity contribution >= 4 is 31.8 Å². The van der Waals surface area contributed by atoms with E-state index in [9.17, 15) is 26.9 Å². The fourth-order valence-corrected chi connectivity index (χ4v) is 5.05. The maximum Gasteiger partial charge on any atom is 0.262 e. The van der Waals surface area contributed by atoms with E-state index in [1.807, 2.05) is 0 Å². The summed E-state index contributed by atoms with van der Waals surface area (Å²) < 4.78 is 51.2. The van der Waals surface area contributed by atoms with Gasteiger partial charge in [-0.2, -0.15) is 5.26 Å². The molecule has 1 amide bonds. The van der Waals surface area contributed by atoms with E-state index in [2.05, 4.69) is 5.32 Å². The van der Waals surface area contributed by atoms with Gasteiger partial charge in [0, 0.05) is 17.7 Å². The van der Waals surface area contributed by atoms with Crippen molar-refractivity contribution in [3.63, 3.8) is 0 Å². The van der Waals surface area contributed by atoms with E-state index >= 15 is 0 Å². The second-order valence-corrected chi connectivity index (χ2v) is 10.3. The van der Waals surface area contributed by atoms with Gasteiger partial charge in [0.05, 0.1) is 16.4 Å². The maximum absolute atomic E-state index is 12.2. The van der Waals surface area contributed by atoms with Gasteiger partial charge >= 0.3 is 0 Å². The summed E-state index contributed by atoms with van der Waals surface area (Å²) in [7, 11) is -6.95. The largest absolute Gasteiger partial charge is 0.457 e. The normalized spacial score (nSPS) is 18.9. The van der Waals surface area contributed by atoms with E-state index < -0.39 is 31.8 Å². The molecular formula is C18H17N3O6S2. The lowest BCUT2D eigenvalue weighted by atomic mass is 10.2. The van der Waals surface area contributed by atoms with Crippen molar-refractivity contribution in [2.75, 3.05) is 11.5 Å². The molecule has 0 radical (unpaired) electrons. The van der Waals surface area contributed by atoms with Crippen LogP contribution in [0.5, 0.6) is 0 Å². The Morgan fingerprint density at radius 3 is 2.48 bits per heavy atom. The highest BCUT2D eigenvalue weighted by atomic mass is 32.2. The summed E-state index contributed by atoms with van der Waals surface area (Å²) in [6.07, 6.45) is 1.56. The number of nitrogens with zero attached hydrogens (tertiary/aromatic N) is 1. The van der Waals surface area contributed by atoms with Crippen LogP contribution in [-0.4, -0.2) is 40.3 Å². The van der Waals surface area contributed by atoms with Crippen LogP contribution >= 0.6 is 0 Å². The monoisotopic (exact) mass is 435 g/mol. The van der Waals surface area contributed by atoms with E-state index in [-0.39, 0.29) is 27.7 Å². The summed E-state index contributed by atoms with van der Waals surface area (Å²) in [6.45, 7) is 0. The zero-order valence-electron chi connectivity index (χ0n) is 15.0. The van der Waals surface area contributed by atoms with Gasteiger partial charge < -0.3 is 9.73 Å². The molecule has 29 heavy (non-hydrogen) atoms. The molecule has 1 aliphatic heterocycles. The third-order valence-corrected chi connectivity index (χ3v) is 7.01.